The van der Waals surface area contributed by atoms with Gasteiger partial charge in [-0.15, -0.1) is 0 Å². The van der Waals surface area contributed by atoms with Crippen molar-refractivity contribution < 1.29 is 38.1 Å². The summed E-state index contributed by atoms with van der Waals surface area (Å²) in [6.45, 7) is 3.69. The zero-order valence-electron chi connectivity index (χ0n) is 19.2. The number of fused-ring (bicyclic) bond motifs is 3. The molecule has 0 N–H and O–H groups in total. The number of carbonyl (C=O) groups excluding carboxylic acids is 3. The molecule has 0 radical (unpaired) electrons. The third kappa shape index (κ3) is 3.93. The molecule has 1 amide bonds. The quantitative estimate of drug-likeness (QED) is 0.336. The fourth-order valence-electron chi connectivity index (χ4n) is 4.72. The van der Waals surface area contributed by atoms with E-state index in [1.165, 1.54) is 0 Å². The minimum absolute atomic E-state index is 0.0358. The molecule has 9 nitrogen and oxygen atoms in total. The van der Waals surface area contributed by atoms with Crippen molar-refractivity contribution in [2.24, 2.45) is 0 Å². The highest BCUT2D eigenvalue weighted by molar-refractivity contribution is 6.30. The highest BCUT2D eigenvalue weighted by Gasteiger charge is 2.60. The van der Waals surface area contributed by atoms with Crippen molar-refractivity contribution >= 4 is 29.6 Å². The number of amides is 1. The van der Waals surface area contributed by atoms with Gasteiger partial charge in [-0.3, -0.25) is 0 Å². The zero-order valence-corrected chi connectivity index (χ0v) is 20.0. The minimum atomic E-state index is -2.36. The molecule has 2 atom stereocenters. The number of halogens is 1. The fourth-order valence-corrected chi connectivity index (χ4v) is 4.92. The molecule has 10 heteroatoms. The van der Waals surface area contributed by atoms with E-state index in [9.17, 15) is 14.4 Å². The van der Waals surface area contributed by atoms with Gasteiger partial charge in [0.2, 0.25) is 0 Å². The number of ether oxygens (including phenoxy) is 5. The predicted molar refractivity (Wildman–Crippen MR) is 122 cm³/mol. The van der Waals surface area contributed by atoms with Crippen LogP contribution in [-0.2, 0) is 36.6 Å². The monoisotopic (exact) mass is 501 g/mol. The highest BCUT2D eigenvalue weighted by atomic mass is 35.5. The molecule has 0 spiro atoms. The third-order valence-electron chi connectivity index (χ3n) is 6.31. The van der Waals surface area contributed by atoms with Gasteiger partial charge in [-0.2, -0.15) is 0 Å². The van der Waals surface area contributed by atoms with Crippen LogP contribution in [0.1, 0.15) is 36.6 Å². The summed E-state index contributed by atoms with van der Waals surface area (Å²) in [6.07, 6.45) is 0.181. The Kier molecular flexibility index (Phi) is 5.96. The summed E-state index contributed by atoms with van der Waals surface area (Å²) in [5.74, 6) is -3.79. The Morgan fingerprint density at radius 1 is 1.09 bits per heavy atom. The summed E-state index contributed by atoms with van der Waals surface area (Å²) in [5, 5.41) is 0.574. The van der Waals surface area contributed by atoms with Crippen LogP contribution in [0.3, 0.4) is 0 Å². The Morgan fingerprint density at radius 3 is 2.51 bits per heavy atom. The molecule has 0 saturated carbocycles. The lowest BCUT2D eigenvalue weighted by Gasteiger charge is -2.23. The molecule has 2 heterocycles. The van der Waals surface area contributed by atoms with E-state index in [4.69, 9.17) is 35.3 Å². The number of rotatable bonds is 6. The SMILES string of the molecule is CCOC(=O)C1(C(=O)OCC)Oc2ccc3c(c2O1)C[C@H](N1CC(c2cccc(Cl)c2)OC1=O)C3. The smallest absolute Gasteiger partial charge is 0.453 e. The van der Waals surface area contributed by atoms with Crippen LogP contribution in [0.15, 0.2) is 36.4 Å². The van der Waals surface area contributed by atoms with Gasteiger partial charge in [0.25, 0.3) is 0 Å². The molecule has 0 aromatic heterocycles. The van der Waals surface area contributed by atoms with E-state index in [2.05, 4.69) is 0 Å². The standard InChI is InChI=1S/C25H24ClNO8/c1-3-31-22(28)25(23(29)32-4-2)34-19-9-8-14-11-17(12-18(14)21(19)35-25)27-13-20(33-24(27)30)15-6-5-7-16(26)10-15/h5-10,17,20H,3-4,11-13H2,1-2H3/t17-,20?/m1/s1. The first kappa shape index (κ1) is 23.3. The topological polar surface area (TPSA) is 101 Å². The molecule has 3 aliphatic rings. The second kappa shape index (κ2) is 8.96. The van der Waals surface area contributed by atoms with Gasteiger partial charge in [-0.1, -0.05) is 29.8 Å². The van der Waals surface area contributed by atoms with Crippen molar-refractivity contribution in [3.63, 3.8) is 0 Å². The Morgan fingerprint density at radius 2 is 1.83 bits per heavy atom. The molecule has 1 aliphatic carbocycles. The van der Waals surface area contributed by atoms with E-state index in [-0.39, 0.29) is 30.8 Å². The largest absolute Gasteiger partial charge is 0.460 e. The Labute approximate surface area is 206 Å². The first-order valence-electron chi connectivity index (χ1n) is 11.5. The molecule has 2 aromatic carbocycles. The molecule has 0 bridgehead atoms. The van der Waals surface area contributed by atoms with Crippen LogP contribution in [0.5, 0.6) is 11.5 Å². The molecule has 2 aliphatic heterocycles. The van der Waals surface area contributed by atoms with Gasteiger partial charge < -0.3 is 28.6 Å². The first-order chi connectivity index (χ1) is 16.9. The molecular formula is C25H24ClNO8. The maximum atomic E-state index is 12.7. The molecule has 5 rings (SSSR count). The molecule has 1 unspecified atom stereocenters. The number of carbonyl (C=O) groups is 3. The predicted octanol–water partition coefficient (Wildman–Crippen LogP) is 3.59. The molecule has 1 saturated heterocycles. The number of hydrogen-bond donors (Lipinski definition) is 0. The van der Waals surface area contributed by atoms with Gasteiger partial charge in [-0.25, -0.2) is 14.4 Å². The van der Waals surface area contributed by atoms with Gasteiger partial charge in [0, 0.05) is 16.6 Å². The van der Waals surface area contributed by atoms with E-state index in [0.29, 0.717) is 24.4 Å². The number of nitrogens with zero attached hydrogens (tertiary/aromatic N) is 1. The van der Waals surface area contributed by atoms with Crippen LogP contribution in [0.2, 0.25) is 5.02 Å². The zero-order chi connectivity index (χ0) is 24.7. The number of hydrogen-bond acceptors (Lipinski definition) is 8. The van der Waals surface area contributed by atoms with Crippen molar-refractivity contribution in [2.75, 3.05) is 19.8 Å². The maximum Gasteiger partial charge on any atom is 0.453 e. The lowest BCUT2D eigenvalue weighted by molar-refractivity contribution is -0.202. The fraction of sp³-hybridized carbons (Fsp3) is 0.400. The van der Waals surface area contributed by atoms with E-state index in [0.717, 1.165) is 16.7 Å². The van der Waals surface area contributed by atoms with E-state index in [1.54, 1.807) is 36.9 Å². The molecule has 2 aromatic rings. The second-order valence-electron chi connectivity index (χ2n) is 8.43. The van der Waals surface area contributed by atoms with Crippen LogP contribution in [0.25, 0.3) is 0 Å². The number of benzene rings is 2. The minimum Gasteiger partial charge on any atom is -0.460 e. The third-order valence-corrected chi connectivity index (χ3v) is 6.54. The highest BCUT2D eigenvalue weighted by Crippen LogP contribution is 2.48. The lowest BCUT2D eigenvalue weighted by Crippen LogP contribution is -2.56. The Balaban J connectivity index is 1.38. The van der Waals surface area contributed by atoms with Crippen LogP contribution >= 0.6 is 11.6 Å². The summed E-state index contributed by atoms with van der Waals surface area (Å²) in [7, 11) is 0. The van der Waals surface area contributed by atoms with Gasteiger partial charge in [-0.05, 0) is 56.0 Å². The lowest BCUT2D eigenvalue weighted by atomic mass is 10.1. The average molecular weight is 502 g/mol. The van der Waals surface area contributed by atoms with Gasteiger partial charge in [0.15, 0.2) is 11.5 Å². The second-order valence-corrected chi connectivity index (χ2v) is 8.87. The van der Waals surface area contributed by atoms with Gasteiger partial charge in [0.1, 0.15) is 6.10 Å². The number of esters is 2. The summed E-state index contributed by atoms with van der Waals surface area (Å²) >= 11 is 6.10. The normalized spacial score (nSPS) is 21.5. The van der Waals surface area contributed by atoms with Gasteiger partial charge >= 0.3 is 23.8 Å². The summed E-state index contributed by atoms with van der Waals surface area (Å²) in [6, 6.07) is 10.6. The molecule has 184 valence electrons. The van der Waals surface area contributed by atoms with Crippen molar-refractivity contribution in [1.29, 1.82) is 0 Å². The van der Waals surface area contributed by atoms with E-state index >= 15 is 0 Å². The summed E-state index contributed by atoms with van der Waals surface area (Å²) in [5.41, 5.74) is 2.52. The average Bonchev–Trinajstić information content (AvgIpc) is 3.54. The number of cyclic esters (lactones) is 1. The van der Waals surface area contributed by atoms with Crippen LogP contribution in [-0.4, -0.2) is 54.5 Å². The summed E-state index contributed by atoms with van der Waals surface area (Å²) < 4.78 is 27.3. The molecule has 35 heavy (non-hydrogen) atoms. The van der Waals surface area contributed by atoms with Crippen molar-refractivity contribution in [3.05, 3.63) is 58.1 Å². The Hall–Kier alpha value is -3.46. The van der Waals surface area contributed by atoms with E-state index < -0.39 is 29.9 Å². The molecular weight excluding hydrogens is 478 g/mol. The van der Waals surface area contributed by atoms with Crippen molar-refractivity contribution in [3.8, 4) is 11.5 Å². The molecule has 1 fully saturated rings. The van der Waals surface area contributed by atoms with Gasteiger partial charge in [0.05, 0.1) is 19.8 Å². The van der Waals surface area contributed by atoms with Crippen molar-refractivity contribution in [2.45, 2.75) is 44.6 Å². The van der Waals surface area contributed by atoms with Crippen LogP contribution < -0.4 is 9.47 Å². The van der Waals surface area contributed by atoms with Crippen molar-refractivity contribution in [1.82, 2.24) is 4.90 Å². The van der Waals surface area contributed by atoms with Crippen LogP contribution in [0.4, 0.5) is 4.79 Å². The Bertz CT molecular complexity index is 1180. The van der Waals surface area contributed by atoms with E-state index in [1.807, 2.05) is 18.2 Å². The first-order valence-corrected chi connectivity index (χ1v) is 11.8. The maximum absolute atomic E-state index is 12.7. The summed E-state index contributed by atoms with van der Waals surface area (Å²) in [4.78, 5) is 39.8. The van der Waals surface area contributed by atoms with Crippen LogP contribution in [0, 0.1) is 0 Å².